The van der Waals surface area contributed by atoms with Gasteiger partial charge in [-0.1, -0.05) is 31.5 Å². The summed E-state index contributed by atoms with van der Waals surface area (Å²) < 4.78 is 0. The van der Waals surface area contributed by atoms with E-state index in [4.69, 9.17) is 11.6 Å². The van der Waals surface area contributed by atoms with Gasteiger partial charge in [0.15, 0.2) is 5.78 Å². The van der Waals surface area contributed by atoms with E-state index < -0.39 is 5.56 Å². The molecule has 0 unspecified atom stereocenters. The molecule has 1 aliphatic carbocycles. The summed E-state index contributed by atoms with van der Waals surface area (Å²) in [5.74, 6) is -0.343. The first-order valence-electron chi connectivity index (χ1n) is 9.83. The lowest BCUT2D eigenvalue weighted by Crippen LogP contribution is -2.49. The Balaban J connectivity index is 1.52. The van der Waals surface area contributed by atoms with Gasteiger partial charge in [0.1, 0.15) is 5.56 Å². The molecule has 0 bridgehead atoms. The topological polar surface area (TPSA) is 73.5 Å². The smallest absolute Gasteiger partial charge is 0.261 e. The fourth-order valence-electron chi connectivity index (χ4n) is 4.20. The zero-order chi connectivity index (χ0) is 20.8. The Kier molecular flexibility index (Phi) is 4.99. The lowest BCUT2D eigenvalue weighted by Gasteiger charge is -2.36. The second-order valence-corrected chi connectivity index (χ2v) is 9.04. The fraction of sp³-hybridized carbons (Fsp3) is 0.409. The molecule has 1 N–H and O–H groups in total. The molecule has 1 aromatic carbocycles. The number of piperazine rings is 1. The van der Waals surface area contributed by atoms with Crippen LogP contribution in [0.5, 0.6) is 0 Å². The van der Waals surface area contributed by atoms with Crippen molar-refractivity contribution in [3.05, 3.63) is 62.5 Å². The number of carbonyl (C=O) groups excluding carboxylic acids is 2. The fourth-order valence-corrected chi connectivity index (χ4v) is 4.38. The van der Waals surface area contributed by atoms with E-state index >= 15 is 0 Å². The van der Waals surface area contributed by atoms with E-state index in [-0.39, 0.29) is 22.7 Å². The van der Waals surface area contributed by atoms with Gasteiger partial charge in [-0.25, -0.2) is 0 Å². The third kappa shape index (κ3) is 3.94. The highest BCUT2D eigenvalue weighted by atomic mass is 35.5. The molecule has 1 fully saturated rings. The number of halogens is 1. The molecule has 6 nitrogen and oxygen atoms in total. The molecule has 152 valence electrons. The van der Waals surface area contributed by atoms with Crippen LogP contribution in [0.3, 0.4) is 0 Å². The molecule has 0 atom stereocenters. The Morgan fingerprint density at radius 3 is 2.48 bits per heavy atom. The molecule has 0 radical (unpaired) electrons. The quantitative estimate of drug-likeness (QED) is 0.820. The van der Waals surface area contributed by atoms with Gasteiger partial charge in [0, 0.05) is 54.6 Å². The van der Waals surface area contributed by atoms with Crippen LogP contribution in [0.2, 0.25) is 5.02 Å². The minimum Gasteiger partial charge on any atom is -0.368 e. The van der Waals surface area contributed by atoms with Gasteiger partial charge in [-0.2, -0.15) is 0 Å². The highest BCUT2D eigenvalue weighted by Crippen LogP contribution is 2.33. The Labute approximate surface area is 174 Å². The Hall–Kier alpha value is -2.60. The number of H-pyrrole nitrogens is 1. The molecule has 1 amide bonds. The number of rotatable bonds is 2. The molecule has 2 heterocycles. The third-order valence-electron chi connectivity index (χ3n) is 5.69. The van der Waals surface area contributed by atoms with Crippen molar-refractivity contribution in [2.45, 2.75) is 26.7 Å². The third-order valence-corrected chi connectivity index (χ3v) is 5.92. The number of Topliss-reactive ketones (excluding diaryl/α,β-unsaturated/α-hetero) is 1. The SMILES string of the molecule is CC1(C)CC(=O)c2cc(C(=O)N3CCN(c4cccc(Cl)c4)CC3)c(=O)[nH]c2C1. The number of hydrogen-bond acceptors (Lipinski definition) is 4. The summed E-state index contributed by atoms with van der Waals surface area (Å²) in [6.45, 7) is 6.32. The van der Waals surface area contributed by atoms with Crippen LogP contribution in [-0.4, -0.2) is 47.8 Å². The number of carbonyl (C=O) groups is 2. The van der Waals surface area contributed by atoms with Crippen molar-refractivity contribution in [1.82, 2.24) is 9.88 Å². The molecule has 1 saturated heterocycles. The van der Waals surface area contributed by atoms with Crippen LogP contribution >= 0.6 is 11.6 Å². The molecule has 0 spiro atoms. The van der Waals surface area contributed by atoms with E-state index in [1.807, 2.05) is 38.1 Å². The van der Waals surface area contributed by atoms with Gasteiger partial charge >= 0.3 is 0 Å². The second-order valence-electron chi connectivity index (χ2n) is 8.60. The largest absolute Gasteiger partial charge is 0.368 e. The monoisotopic (exact) mass is 413 g/mol. The first kappa shape index (κ1) is 19.7. The normalized spacial score (nSPS) is 18.5. The van der Waals surface area contributed by atoms with Crippen molar-refractivity contribution in [2.75, 3.05) is 31.1 Å². The summed E-state index contributed by atoms with van der Waals surface area (Å²) in [7, 11) is 0. The van der Waals surface area contributed by atoms with Gasteiger partial charge in [-0.3, -0.25) is 14.4 Å². The van der Waals surface area contributed by atoms with Gasteiger partial charge in [0.05, 0.1) is 0 Å². The van der Waals surface area contributed by atoms with Crippen molar-refractivity contribution in [1.29, 1.82) is 0 Å². The van der Waals surface area contributed by atoms with Crippen LogP contribution in [0.4, 0.5) is 5.69 Å². The number of nitrogens with zero attached hydrogens (tertiary/aromatic N) is 2. The van der Waals surface area contributed by atoms with Crippen LogP contribution in [0.15, 0.2) is 35.1 Å². The molecule has 4 rings (SSSR count). The van der Waals surface area contributed by atoms with E-state index in [2.05, 4.69) is 9.88 Å². The summed E-state index contributed by atoms with van der Waals surface area (Å²) >= 11 is 6.07. The van der Waals surface area contributed by atoms with E-state index in [0.717, 1.165) is 5.69 Å². The maximum atomic E-state index is 13.0. The number of amides is 1. The van der Waals surface area contributed by atoms with Crippen LogP contribution in [0.1, 0.15) is 46.7 Å². The Morgan fingerprint density at radius 1 is 1.07 bits per heavy atom. The minimum atomic E-state index is -0.420. The van der Waals surface area contributed by atoms with Gasteiger partial charge in [0.25, 0.3) is 11.5 Å². The van der Waals surface area contributed by atoms with Crippen molar-refractivity contribution >= 4 is 29.0 Å². The zero-order valence-electron chi connectivity index (χ0n) is 16.6. The highest BCUT2D eigenvalue weighted by molar-refractivity contribution is 6.30. The second kappa shape index (κ2) is 7.34. The van der Waals surface area contributed by atoms with E-state index in [1.54, 1.807) is 4.90 Å². The molecule has 7 heteroatoms. The average molecular weight is 414 g/mol. The maximum Gasteiger partial charge on any atom is 0.261 e. The van der Waals surface area contributed by atoms with E-state index in [0.29, 0.717) is 55.3 Å². The molecule has 1 aromatic heterocycles. The van der Waals surface area contributed by atoms with Crippen LogP contribution < -0.4 is 10.5 Å². The van der Waals surface area contributed by atoms with Crippen LogP contribution in [0.25, 0.3) is 0 Å². The predicted molar refractivity (Wildman–Crippen MR) is 113 cm³/mol. The van der Waals surface area contributed by atoms with Crippen LogP contribution in [-0.2, 0) is 6.42 Å². The number of fused-ring (bicyclic) bond motifs is 1. The molecule has 1 aliphatic heterocycles. The molecule has 2 aliphatic rings. The van der Waals surface area contributed by atoms with Gasteiger partial charge in [0.2, 0.25) is 0 Å². The summed E-state index contributed by atoms with van der Waals surface area (Å²) in [5.41, 5.74) is 1.58. The number of aromatic nitrogens is 1. The number of ketones is 1. The lowest BCUT2D eigenvalue weighted by molar-refractivity contribution is 0.0745. The summed E-state index contributed by atoms with van der Waals surface area (Å²) in [6.07, 6.45) is 1.04. The van der Waals surface area contributed by atoms with Crippen molar-refractivity contribution in [3.63, 3.8) is 0 Å². The Morgan fingerprint density at radius 2 is 1.79 bits per heavy atom. The number of nitrogens with one attached hydrogen (secondary N) is 1. The number of pyridine rings is 1. The Bertz CT molecular complexity index is 1040. The predicted octanol–water partition coefficient (Wildman–Crippen LogP) is 3.15. The molecular weight excluding hydrogens is 390 g/mol. The average Bonchev–Trinajstić information content (AvgIpc) is 2.66. The lowest BCUT2D eigenvalue weighted by atomic mass is 9.75. The highest BCUT2D eigenvalue weighted by Gasteiger charge is 2.33. The van der Waals surface area contributed by atoms with Gasteiger partial charge in [-0.05, 0) is 36.1 Å². The van der Waals surface area contributed by atoms with Crippen molar-refractivity contribution in [3.8, 4) is 0 Å². The van der Waals surface area contributed by atoms with Crippen molar-refractivity contribution in [2.24, 2.45) is 5.41 Å². The van der Waals surface area contributed by atoms with Crippen molar-refractivity contribution < 1.29 is 9.59 Å². The first-order valence-corrected chi connectivity index (χ1v) is 10.2. The molecule has 2 aromatic rings. The van der Waals surface area contributed by atoms with Gasteiger partial charge in [-0.15, -0.1) is 0 Å². The maximum absolute atomic E-state index is 13.0. The van der Waals surface area contributed by atoms with E-state index in [9.17, 15) is 14.4 Å². The first-order chi connectivity index (χ1) is 13.7. The van der Waals surface area contributed by atoms with Gasteiger partial charge < -0.3 is 14.8 Å². The molecule has 29 heavy (non-hydrogen) atoms. The van der Waals surface area contributed by atoms with E-state index in [1.165, 1.54) is 6.07 Å². The standard InChI is InChI=1S/C22H24ClN3O3/c1-22(2)12-18-16(19(27)13-22)11-17(20(28)24-18)21(29)26-8-6-25(7-9-26)15-5-3-4-14(23)10-15/h3-5,10-11H,6-9,12-13H2,1-2H3,(H,24,28). The summed E-state index contributed by atoms with van der Waals surface area (Å²) in [4.78, 5) is 44.7. The molecule has 0 saturated carbocycles. The number of anilines is 1. The number of hydrogen-bond donors (Lipinski definition) is 1. The number of benzene rings is 1. The summed E-state index contributed by atoms with van der Waals surface area (Å²) in [6, 6.07) is 9.12. The van der Waals surface area contributed by atoms with Crippen LogP contribution in [0, 0.1) is 5.41 Å². The minimum absolute atomic E-state index is 0.0210. The zero-order valence-corrected chi connectivity index (χ0v) is 17.4. The summed E-state index contributed by atoms with van der Waals surface area (Å²) in [5, 5.41) is 0.675. The molecular formula is C22H24ClN3O3. The number of aromatic amines is 1.